The highest BCUT2D eigenvalue weighted by Gasteiger charge is 2.20. The molecule has 0 saturated heterocycles. The summed E-state index contributed by atoms with van der Waals surface area (Å²) in [4.78, 5) is 11.5. The molecule has 0 spiro atoms. The van der Waals surface area contributed by atoms with E-state index in [4.69, 9.17) is 0 Å². The highest BCUT2D eigenvalue weighted by molar-refractivity contribution is 5.79. The average Bonchev–Trinajstić information content (AvgIpc) is 2.70. The SMILES string of the molecule is CCNC(=NCc1ccccn1)NCC(C)N1CCc2ccccc2C1. The van der Waals surface area contributed by atoms with Gasteiger partial charge in [0.1, 0.15) is 0 Å². The summed E-state index contributed by atoms with van der Waals surface area (Å²) in [6.07, 6.45) is 2.94. The van der Waals surface area contributed by atoms with Gasteiger partial charge in [0.05, 0.1) is 12.2 Å². The van der Waals surface area contributed by atoms with Gasteiger partial charge in [-0.2, -0.15) is 0 Å². The zero-order chi connectivity index (χ0) is 18.2. The van der Waals surface area contributed by atoms with Crippen LogP contribution >= 0.6 is 0 Å². The number of hydrogen-bond donors (Lipinski definition) is 2. The summed E-state index contributed by atoms with van der Waals surface area (Å²) in [5.74, 6) is 0.849. The third-order valence-corrected chi connectivity index (χ3v) is 4.82. The molecule has 2 aromatic rings. The maximum Gasteiger partial charge on any atom is 0.191 e. The Hall–Kier alpha value is -2.40. The van der Waals surface area contributed by atoms with E-state index in [-0.39, 0.29) is 0 Å². The zero-order valence-electron chi connectivity index (χ0n) is 15.8. The van der Waals surface area contributed by atoms with Crippen LogP contribution in [0.3, 0.4) is 0 Å². The van der Waals surface area contributed by atoms with Gasteiger partial charge in [-0.1, -0.05) is 30.3 Å². The average molecular weight is 351 g/mol. The molecule has 138 valence electrons. The molecule has 1 unspecified atom stereocenters. The number of aliphatic imine (C=N–C) groups is 1. The summed E-state index contributed by atoms with van der Waals surface area (Å²) in [6, 6.07) is 15.1. The van der Waals surface area contributed by atoms with Gasteiger partial charge in [0.25, 0.3) is 0 Å². The Balaban J connectivity index is 1.53. The normalized spacial score (nSPS) is 16.0. The molecule has 0 radical (unpaired) electrons. The van der Waals surface area contributed by atoms with Gasteiger partial charge in [0.2, 0.25) is 0 Å². The van der Waals surface area contributed by atoms with E-state index in [9.17, 15) is 0 Å². The van der Waals surface area contributed by atoms with E-state index < -0.39 is 0 Å². The Kier molecular flexibility index (Phi) is 6.61. The minimum absolute atomic E-state index is 0.446. The smallest absolute Gasteiger partial charge is 0.191 e. The molecule has 0 amide bonds. The highest BCUT2D eigenvalue weighted by atomic mass is 15.2. The van der Waals surface area contributed by atoms with Crippen molar-refractivity contribution in [2.24, 2.45) is 4.99 Å². The fraction of sp³-hybridized carbons (Fsp3) is 0.429. The largest absolute Gasteiger partial charge is 0.357 e. The van der Waals surface area contributed by atoms with Gasteiger partial charge in [-0.3, -0.25) is 9.88 Å². The summed E-state index contributed by atoms with van der Waals surface area (Å²) >= 11 is 0. The molecule has 5 nitrogen and oxygen atoms in total. The molecular formula is C21H29N5. The van der Waals surface area contributed by atoms with Crippen LogP contribution in [0.25, 0.3) is 0 Å². The number of nitrogens with zero attached hydrogens (tertiary/aromatic N) is 3. The standard InChI is InChI=1S/C21H29N5/c1-3-22-21(25-15-20-10-6-7-12-23-20)24-14-17(2)26-13-11-18-8-4-5-9-19(18)16-26/h4-10,12,17H,3,11,13-16H2,1-2H3,(H2,22,24,25). The molecule has 1 aromatic heterocycles. The molecule has 2 N–H and O–H groups in total. The topological polar surface area (TPSA) is 52.6 Å². The molecule has 1 aliphatic rings. The molecule has 26 heavy (non-hydrogen) atoms. The first-order valence-corrected chi connectivity index (χ1v) is 9.49. The number of rotatable bonds is 6. The first kappa shape index (κ1) is 18.4. The summed E-state index contributed by atoms with van der Waals surface area (Å²) < 4.78 is 0. The van der Waals surface area contributed by atoms with Crippen molar-refractivity contribution in [1.29, 1.82) is 0 Å². The van der Waals surface area contributed by atoms with Gasteiger partial charge >= 0.3 is 0 Å². The van der Waals surface area contributed by atoms with Crippen LogP contribution in [0.2, 0.25) is 0 Å². The summed E-state index contributed by atoms with van der Waals surface area (Å²) in [6.45, 7) is 8.81. The minimum atomic E-state index is 0.446. The number of hydrogen-bond acceptors (Lipinski definition) is 3. The van der Waals surface area contributed by atoms with Crippen LogP contribution in [0.1, 0.15) is 30.7 Å². The molecule has 0 fully saturated rings. The first-order valence-electron chi connectivity index (χ1n) is 9.49. The maximum atomic E-state index is 4.65. The van der Waals surface area contributed by atoms with Crippen molar-refractivity contribution in [3.8, 4) is 0 Å². The number of nitrogens with one attached hydrogen (secondary N) is 2. The zero-order valence-corrected chi connectivity index (χ0v) is 15.8. The lowest BCUT2D eigenvalue weighted by atomic mass is 9.99. The first-order chi connectivity index (χ1) is 12.8. The van der Waals surface area contributed by atoms with Gasteiger partial charge < -0.3 is 10.6 Å². The van der Waals surface area contributed by atoms with Gasteiger partial charge in [0.15, 0.2) is 5.96 Å². The van der Waals surface area contributed by atoms with Gasteiger partial charge in [-0.15, -0.1) is 0 Å². The van der Waals surface area contributed by atoms with E-state index in [2.05, 4.69) is 63.6 Å². The van der Waals surface area contributed by atoms with Crippen LogP contribution in [-0.2, 0) is 19.5 Å². The second-order valence-corrected chi connectivity index (χ2v) is 6.74. The lowest BCUT2D eigenvalue weighted by molar-refractivity contribution is 0.191. The Morgan fingerprint density at radius 3 is 2.73 bits per heavy atom. The highest BCUT2D eigenvalue weighted by Crippen LogP contribution is 2.19. The van der Waals surface area contributed by atoms with Crippen molar-refractivity contribution in [2.75, 3.05) is 19.6 Å². The number of aromatic nitrogens is 1. The van der Waals surface area contributed by atoms with Crippen molar-refractivity contribution >= 4 is 5.96 Å². The third kappa shape index (κ3) is 5.05. The lowest BCUT2D eigenvalue weighted by Gasteiger charge is -2.34. The third-order valence-electron chi connectivity index (χ3n) is 4.82. The van der Waals surface area contributed by atoms with Crippen molar-refractivity contribution in [2.45, 2.75) is 39.4 Å². The number of guanidine groups is 1. The molecule has 3 rings (SSSR count). The monoisotopic (exact) mass is 351 g/mol. The number of fused-ring (bicyclic) bond motifs is 1. The second-order valence-electron chi connectivity index (χ2n) is 6.74. The molecule has 0 saturated carbocycles. The van der Waals surface area contributed by atoms with Crippen LogP contribution in [0.15, 0.2) is 53.7 Å². The summed E-state index contributed by atoms with van der Waals surface area (Å²) in [5, 5.41) is 6.80. The fourth-order valence-electron chi connectivity index (χ4n) is 3.26. The van der Waals surface area contributed by atoms with Crippen LogP contribution in [0.5, 0.6) is 0 Å². The van der Waals surface area contributed by atoms with Gasteiger partial charge in [-0.05, 0) is 43.5 Å². The van der Waals surface area contributed by atoms with E-state index in [0.29, 0.717) is 12.6 Å². The Morgan fingerprint density at radius 1 is 1.15 bits per heavy atom. The predicted octanol–water partition coefficient (Wildman–Crippen LogP) is 2.58. The van der Waals surface area contributed by atoms with Crippen molar-refractivity contribution < 1.29 is 0 Å². The van der Waals surface area contributed by atoms with E-state index >= 15 is 0 Å². The molecule has 5 heteroatoms. The Bertz CT molecular complexity index is 713. The van der Waals surface area contributed by atoms with E-state index in [1.54, 1.807) is 0 Å². The number of benzene rings is 1. The fourth-order valence-corrected chi connectivity index (χ4v) is 3.26. The quantitative estimate of drug-likeness (QED) is 0.620. The predicted molar refractivity (Wildman–Crippen MR) is 107 cm³/mol. The molecule has 1 aliphatic heterocycles. The van der Waals surface area contributed by atoms with Crippen molar-refractivity contribution in [1.82, 2.24) is 20.5 Å². The molecule has 2 heterocycles. The van der Waals surface area contributed by atoms with Crippen LogP contribution in [0.4, 0.5) is 0 Å². The van der Waals surface area contributed by atoms with Crippen molar-refractivity contribution in [3.05, 3.63) is 65.5 Å². The Morgan fingerprint density at radius 2 is 1.96 bits per heavy atom. The lowest BCUT2D eigenvalue weighted by Crippen LogP contribution is -2.47. The Labute approximate surface area is 156 Å². The van der Waals surface area contributed by atoms with Crippen molar-refractivity contribution in [3.63, 3.8) is 0 Å². The minimum Gasteiger partial charge on any atom is -0.357 e. The molecule has 0 bridgehead atoms. The molecule has 0 aliphatic carbocycles. The van der Waals surface area contributed by atoms with Gasteiger partial charge in [0, 0.05) is 38.4 Å². The number of pyridine rings is 1. The van der Waals surface area contributed by atoms with E-state index in [1.165, 1.54) is 11.1 Å². The summed E-state index contributed by atoms with van der Waals surface area (Å²) in [5.41, 5.74) is 3.93. The van der Waals surface area contributed by atoms with Crippen LogP contribution in [-0.4, -0.2) is 41.5 Å². The van der Waals surface area contributed by atoms with E-state index in [0.717, 1.165) is 44.3 Å². The second kappa shape index (κ2) is 9.34. The maximum absolute atomic E-state index is 4.65. The molecular weight excluding hydrogens is 322 g/mol. The summed E-state index contributed by atoms with van der Waals surface area (Å²) in [7, 11) is 0. The molecule has 1 atom stereocenters. The van der Waals surface area contributed by atoms with Crippen LogP contribution in [0, 0.1) is 0 Å². The van der Waals surface area contributed by atoms with Crippen LogP contribution < -0.4 is 10.6 Å². The molecule has 1 aromatic carbocycles. The van der Waals surface area contributed by atoms with Gasteiger partial charge in [-0.25, -0.2) is 4.99 Å². The van der Waals surface area contributed by atoms with E-state index in [1.807, 2.05) is 24.4 Å².